The summed E-state index contributed by atoms with van der Waals surface area (Å²) in [5, 5.41) is 8.84. The third kappa shape index (κ3) is 4.83. The summed E-state index contributed by atoms with van der Waals surface area (Å²) in [6.07, 6.45) is 4.43. The Bertz CT molecular complexity index is 657. The third-order valence-electron chi connectivity index (χ3n) is 3.96. The van der Waals surface area contributed by atoms with Crippen LogP contribution in [0.2, 0.25) is 0 Å². The van der Waals surface area contributed by atoms with E-state index in [9.17, 15) is 4.79 Å². The summed E-state index contributed by atoms with van der Waals surface area (Å²) < 4.78 is 0.549. The number of hydrogen-bond acceptors (Lipinski definition) is 4. The second kappa shape index (κ2) is 8.33. The highest BCUT2D eigenvalue weighted by Crippen LogP contribution is 2.32. The number of carbonyl (C=O) groups is 1. The molecule has 1 aromatic carbocycles. The summed E-state index contributed by atoms with van der Waals surface area (Å²) in [6, 6.07) is 12.7. The van der Waals surface area contributed by atoms with Gasteiger partial charge in [-0.1, -0.05) is 24.3 Å². The summed E-state index contributed by atoms with van der Waals surface area (Å²) in [4.78, 5) is 13.0. The lowest BCUT2D eigenvalue weighted by atomic mass is 9.99. The van der Waals surface area contributed by atoms with E-state index in [0.29, 0.717) is 0 Å². The zero-order valence-electron chi connectivity index (χ0n) is 13.1. The SMILES string of the molecule is CSC(C)(CCCc1ccc(-c2ccc(Br)s2)cc1)C(=O)NO. The van der Waals surface area contributed by atoms with E-state index in [2.05, 4.69) is 52.3 Å². The predicted molar refractivity (Wildman–Crippen MR) is 102 cm³/mol. The summed E-state index contributed by atoms with van der Waals surface area (Å²) >= 11 is 6.68. The largest absolute Gasteiger partial charge is 0.289 e. The van der Waals surface area contributed by atoms with Crippen molar-refractivity contribution in [3.05, 3.63) is 45.7 Å². The second-order valence-corrected chi connectivity index (χ2v) is 9.30. The molecule has 2 N–H and O–H groups in total. The van der Waals surface area contributed by atoms with Gasteiger partial charge in [0.25, 0.3) is 5.91 Å². The van der Waals surface area contributed by atoms with Crippen molar-refractivity contribution in [1.29, 1.82) is 0 Å². The van der Waals surface area contributed by atoms with Gasteiger partial charge in [0.2, 0.25) is 0 Å². The van der Waals surface area contributed by atoms with Crippen LogP contribution in [0.15, 0.2) is 40.2 Å². The Balaban J connectivity index is 1.93. The molecule has 0 saturated heterocycles. The molecule has 0 saturated carbocycles. The van der Waals surface area contributed by atoms with Crippen LogP contribution in [-0.2, 0) is 11.2 Å². The lowest BCUT2D eigenvalue weighted by Crippen LogP contribution is -2.40. The van der Waals surface area contributed by atoms with E-state index in [4.69, 9.17) is 5.21 Å². The van der Waals surface area contributed by atoms with Crippen molar-refractivity contribution in [2.45, 2.75) is 30.9 Å². The molecule has 0 aliphatic rings. The Labute approximate surface area is 153 Å². The van der Waals surface area contributed by atoms with Gasteiger partial charge in [-0.05, 0) is 71.6 Å². The van der Waals surface area contributed by atoms with Crippen LogP contribution in [0.25, 0.3) is 10.4 Å². The van der Waals surface area contributed by atoms with Crippen LogP contribution in [0.3, 0.4) is 0 Å². The Hall–Kier alpha value is -0.820. The first-order chi connectivity index (χ1) is 11.0. The van der Waals surface area contributed by atoms with Gasteiger partial charge in [0.1, 0.15) is 0 Å². The molecule has 0 aliphatic carbocycles. The summed E-state index contributed by atoms with van der Waals surface area (Å²) in [5.74, 6) is -0.330. The maximum atomic E-state index is 11.7. The maximum Gasteiger partial charge on any atom is 0.259 e. The molecule has 0 radical (unpaired) electrons. The van der Waals surface area contributed by atoms with Crippen LogP contribution in [0.4, 0.5) is 0 Å². The zero-order chi connectivity index (χ0) is 16.9. The summed E-state index contributed by atoms with van der Waals surface area (Å²) in [7, 11) is 0. The Morgan fingerprint density at radius 1 is 1.30 bits per heavy atom. The molecule has 0 fully saturated rings. The second-order valence-electron chi connectivity index (χ2n) is 5.53. The van der Waals surface area contributed by atoms with Gasteiger partial charge in [0.05, 0.1) is 8.53 Å². The number of thioether (sulfide) groups is 1. The molecule has 1 amide bonds. The van der Waals surface area contributed by atoms with Gasteiger partial charge in [0, 0.05) is 4.88 Å². The van der Waals surface area contributed by atoms with E-state index in [0.717, 1.165) is 23.0 Å². The number of hydrogen-bond donors (Lipinski definition) is 2. The van der Waals surface area contributed by atoms with E-state index >= 15 is 0 Å². The van der Waals surface area contributed by atoms with Crippen molar-refractivity contribution in [2.24, 2.45) is 0 Å². The van der Waals surface area contributed by atoms with Crippen LogP contribution >= 0.6 is 39.0 Å². The Morgan fingerprint density at radius 2 is 2.00 bits per heavy atom. The fourth-order valence-electron chi connectivity index (χ4n) is 2.36. The smallest absolute Gasteiger partial charge is 0.259 e. The highest BCUT2D eigenvalue weighted by Gasteiger charge is 2.31. The average molecular weight is 414 g/mol. The normalized spacial score (nSPS) is 13.6. The number of carbonyl (C=O) groups excluding carboxylic acids is 1. The van der Waals surface area contributed by atoms with Crippen molar-refractivity contribution in [1.82, 2.24) is 5.48 Å². The van der Waals surface area contributed by atoms with Crippen LogP contribution in [0.1, 0.15) is 25.3 Å². The van der Waals surface area contributed by atoms with Gasteiger partial charge in [-0.25, -0.2) is 5.48 Å². The number of halogens is 1. The molecule has 1 aromatic heterocycles. The number of nitrogens with one attached hydrogen (secondary N) is 1. The van der Waals surface area contributed by atoms with E-state index < -0.39 is 4.75 Å². The topological polar surface area (TPSA) is 49.3 Å². The highest BCUT2D eigenvalue weighted by molar-refractivity contribution is 9.11. The van der Waals surface area contributed by atoms with E-state index in [1.54, 1.807) is 16.8 Å². The third-order valence-corrected chi connectivity index (χ3v) is 6.93. The minimum Gasteiger partial charge on any atom is -0.289 e. The van der Waals surface area contributed by atoms with E-state index in [1.807, 2.05) is 13.2 Å². The lowest BCUT2D eigenvalue weighted by molar-refractivity contribution is -0.131. The van der Waals surface area contributed by atoms with Crippen molar-refractivity contribution >= 4 is 44.9 Å². The first kappa shape index (κ1) is 18.5. The van der Waals surface area contributed by atoms with Crippen molar-refractivity contribution in [3.63, 3.8) is 0 Å². The molecule has 2 aromatic rings. The number of thiophene rings is 1. The molecule has 0 spiro atoms. The highest BCUT2D eigenvalue weighted by atomic mass is 79.9. The van der Waals surface area contributed by atoms with Gasteiger partial charge >= 0.3 is 0 Å². The van der Waals surface area contributed by atoms with Crippen LogP contribution < -0.4 is 5.48 Å². The first-order valence-electron chi connectivity index (χ1n) is 7.33. The minimum atomic E-state index is -0.585. The van der Waals surface area contributed by atoms with Crippen LogP contribution in [0.5, 0.6) is 0 Å². The van der Waals surface area contributed by atoms with Gasteiger partial charge in [0.15, 0.2) is 0 Å². The number of rotatable bonds is 7. The molecule has 124 valence electrons. The van der Waals surface area contributed by atoms with Gasteiger partial charge in [-0.3, -0.25) is 10.0 Å². The van der Waals surface area contributed by atoms with Crippen molar-refractivity contribution < 1.29 is 10.0 Å². The summed E-state index contributed by atoms with van der Waals surface area (Å²) in [5.41, 5.74) is 4.25. The lowest BCUT2D eigenvalue weighted by Gasteiger charge is -2.24. The number of amides is 1. The fourth-order valence-corrected chi connectivity index (χ4v) is 4.33. The molecule has 1 heterocycles. The van der Waals surface area contributed by atoms with Crippen molar-refractivity contribution in [3.8, 4) is 10.4 Å². The Morgan fingerprint density at radius 3 is 2.52 bits per heavy atom. The number of hydroxylamine groups is 1. The molecule has 23 heavy (non-hydrogen) atoms. The fraction of sp³-hybridized carbons (Fsp3) is 0.353. The molecular formula is C17H20BrNO2S2. The molecule has 1 atom stereocenters. The number of aryl methyl sites for hydroxylation is 1. The van der Waals surface area contributed by atoms with E-state index in [1.165, 1.54) is 27.8 Å². The molecule has 6 heteroatoms. The predicted octanol–water partition coefficient (Wildman–Crippen LogP) is 5.13. The molecule has 0 bridgehead atoms. The van der Waals surface area contributed by atoms with E-state index in [-0.39, 0.29) is 5.91 Å². The molecule has 3 nitrogen and oxygen atoms in total. The van der Waals surface area contributed by atoms with Gasteiger partial charge in [-0.2, -0.15) is 0 Å². The monoisotopic (exact) mass is 413 g/mol. The van der Waals surface area contributed by atoms with Gasteiger partial charge in [-0.15, -0.1) is 23.1 Å². The quantitative estimate of drug-likeness (QED) is 0.488. The minimum absolute atomic E-state index is 0.330. The number of benzene rings is 1. The van der Waals surface area contributed by atoms with Gasteiger partial charge < -0.3 is 0 Å². The molecule has 0 aliphatic heterocycles. The average Bonchev–Trinajstić information content (AvgIpc) is 3.01. The Kier molecular flexibility index (Phi) is 6.71. The first-order valence-corrected chi connectivity index (χ1v) is 10.2. The standard InChI is InChI=1S/C17H20BrNO2S2/c1-17(22-2,16(20)19-21)11-3-4-12-5-7-13(8-6-12)14-9-10-15(18)23-14/h5-10,21H,3-4,11H2,1-2H3,(H,19,20). The van der Waals surface area contributed by atoms with Crippen molar-refractivity contribution in [2.75, 3.05) is 6.26 Å². The maximum absolute atomic E-state index is 11.7. The molecule has 2 rings (SSSR count). The van der Waals surface area contributed by atoms with Crippen LogP contribution in [-0.4, -0.2) is 22.1 Å². The molecule has 1 unspecified atom stereocenters. The summed E-state index contributed by atoms with van der Waals surface area (Å²) in [6.45, 7) is 1.86. The van der Waals surface area contributed by atoms with Crippen LogP contribution in [0, 0.1) is 0 Å². The zero-order valence-corrected chi connectivity index (χ0v) is 16.4. The molecular weight excluding hydrogens is 394 g/mol.